The monoisotopic (exact) mass is 219 g/mol. The molecule has 16 heavy (non-hydrogen) atoms. The molecule has 3 rings (SSSR count). The maximum absolute atomic E-state index is 12.2. The topological polar surface area (TPSA) is 37.4 Å². The number of likely N-dealkylation sites (tertiary alicyclic amines) is 1. The Morgan fingerprint density at radius 1 is 1.19 bits per heavy atom. The van der Waals surface area contributed by atoms with Gasteiger partial charge in [0.15, 0.2) is 0 Å². The van der Waals surface area contributed by atoms with E-state index in [1.54, 1.807) is 0 Å². The van der Waals surface area contributed by atoms with E-state index in [0.29, 0.717) is 24.3 Å². The smallest absolute Gasteiger partial charge is 0.233 e. The third kappa shape index (κ3) is 1.14. The zero-order chi connectivity index (χ0) is 11.4. The number of amides is 2. The molecule has 4 atom stereocenters. The lowest BCUT2D eigenvalue weighted by molar-refractivity contribution is -0.141. The molecule has 2 aliphatic carbocycles. The average Bonchev–Trinajstić information content (AvgIpc) is 2.87. The standard InChI is InChI=1S/C13H17NO2/c1-7(2)6-14-12(15)10-8-3-4-9(5-8)11(10)13(14)16/h3-4,7-11H,5-6H2,1-2H3/t8-,9+,10+,11-. The second-order valence-electron chi connectivity index (χ2n) is 5.68. The quantitative estimate of drug-likeness (QED) is 0.520. The molecule has 2 bridgehead atoms. The summed E-state index contributed by atoms with van der Waals surface area (Å²) in [5.74, 6) is 1.15. The van der Waals surface area contributed by atoms with Crippen LogP contribution in [-0.4, -0.2) is 23.3 Å². The lowest BCUT2D eigenvalue weighted by atomic mass is 9.85. The lowest BCUT2D eigenvalue weighted by Crippen LogP contribution is -2.35. The summed E-state index contributed by atoms with van der Waals surface area (Å²) in [6.07, 6.45) is 5.29. The summed E-state index contributed by atoms with van der Waals surface area (Å²) in [5, 5.41) is 0. The number of carbonyl (C=O) groups excluding carboxylic acids is 2. The van der Waals surface area contributed by atoms with Crippen molar-refractivity contribution in [3.05, 3.63) is 12.2 Å². The van der Waals surface area contributed by atoms with E-state index in [4.69, 9.17) is 0 Å². The second-order valence-corrected chi connectivity index (χ2v) is 5.68. The van der Waals surface area contributed by atoms with Crippen LogP contribution < -0.4 is 0 Å². The highest BCUT2D eigenvalue weighted by Gasteiger charge is 2.58. The number of hydrogen-bond donors (Lipinski definition) is 0. The van der Waals surface area contributed by atoms with Gasteiger partial charge in [0.05, 0.1) is 11.8 Å². The number of rotatable bonds is 2. The van der Waals surface area contributed by atoms with Gasteiger partial charge in [-0.05, 0) is 24.2 Å². The van der Waals surface area contributed by atoms with Gasteiger partial charge in [-0.2, -0.15) is 0 Å². The van der Waals surface area contributed by atoms with Gasteiger partial charge in [0.1, 0.15) is 0 Å². The van der Waals surface area contributed by atoms with E-state index in [1.165, 1.54) is 4.90 Å². The van der Waals surface area contributed by atoms with Crippen LogP contribution in [0.25, 0.3) is 0 Å². The van der Waals surface area contributed by atoms with E-state index in [-0.39, 0.29) is 23.7 Å². The normalized spacial score (nSPS) is 40.3. The van der Waals surface area contributed by atoms with Crippen LogP contribution in [0.3, 0.4) is 0 Å². The van der Waals surface area contributed by atoms with E-state index in [0.717, 1.165) is 6.42 Å². The first-order valence-electron chi connectivity index (χ1n) is 6.13. The van der Waals surface area contributed by atoms with Crippen LogP contribution >= 0.6 is 0 Å². The molecule has 3 aliphatic rings. The molecular formula is C13H17NO2. The van der Waals surface area contributed by atoms with Crippen LogP contribution in [-0.2, 0) is 9.59 Å². The molecule has 0 aromatic heterocycles. The van der Waals surface area contributed by atoms with Gasteiger partial charge in [-0.15, -0.1) is 0 Å². The molecule has 0 radical (unpaired) electrons. The summed E-state index contributed by atoms with van der Waals surface area (Å²) in [7, 11) is 0. The number of imide groups is 1. The van der Waals surface area contributed by atoms with Crippen molar-refractivity contribution in [2.75, 3.05) is 6.54 Å². The van der Waals surface area contributed by atoms with Crippen LogP contribution in [0.15, 0.2) is 12.2 Å². The largest absolute Gasteiger partial charge is 0.282 e. The third-order valence-corrected chi connectivity index (χ3v) is 4.11. The minimum atomic E-state index is -0.0266. The highest BCUT2D eigenvalue weighted by molar-refractivity contribution is 6.06. The van der Waals surface area contributed by atoms with E-state index in [2.05, 4.69) is 12.2 Å². The minimum Gasteiger partial charge on any atom is -0.282 e. The van der Waals surface area contributed by atoms with Gasteiger partial charge in [0, 0.05) is 6.54 Å². The Morgan fingerprint density at radius 3 is 2.12 bits per heavy atom. The number of carbonyl (C=O) groups is 2. The first-order chi connectivity index (χ1) is 7.59. The molecule has 1 heterocycles. The van der Waals surface area contributed by atoms with Crippen molar-refractivity contribution in [1.82, 2.24) is 4.90 Å². The summed E-state index contributed by atoms with van der Waals surface area (Å²) in [4.78, 5) is 25.9. The number of hydrogen-bond acceptors (Lipinski definition) is 2. The fourth-order valence-corrected chi connectivity index (χ4v) is 3.51. The third-order valence-electron chi connectivity index (χ3n) is 4.11. The van der Waals surface area contributed by atoms with Crippen LogP contribution in [0.4, 0.5) is 0 Å². The van der Waals surface area contributed by atoms with Gasteiger partial charge < -0.3 is 0 Å². The molecule has 0 N–H and O–H groups in total. The summed E-state index contributed by atoms with van der Waals surface area (Å²) >= 11 is 0. The van der Waals surface area contributed by atoms with E-state index >= 15 is 0 Å². The van der Waals surface area contributed by atoms with Crippen LogP contribution in [0.2, 0.25) is 0 Å². The predicted octanol–water partition coefficient (Wildman–Crippen LogP) is 1.45. The van der Waals surface area contributed by atoms with Gasteiger partial charge in [-0.3, -0.25) is 14.5 Å². The van der Waals surface area contributed by atoms with Crippen molar-refractivity contribution in [1.29, 1.82) is 0 Å². The average molecular weight is 219 g/mol. The Kier molecular flexibility index (Phi) is 2.00. The molecule has 1 aliphatic heterocycles. The van der Waals surface area contributed by atoms with E-state index < -0.39 is 0 Å². The van der Waals surface area contributed by atoms with E-state index in [9.17, 15) is 9.59 Å². The van der Waals surface area contributed by atoms with Gasteiger partial charge in [-0.25, -0.2) is 0 Å². The number of allylic oxidation sites excluding steroid dienone is 2. The zero-order valence-corrected chi connectivity index (χ0v) is 9.72. The molecular weight excluding hydrogens is 202 g/mol. The highest BCUT2D eigenvalue weighted by atomic mass is 16.2. The second kappa shape index (κ2) is 3.19. The Hall–Kier alpha value is -1.12. The molecule has 0 aromatic rings. The molecule has 86 valence electrons. The molecule has 2 fully saturated rings. The first kappa shape index (κ1) is 10.1. The number of fused-ring (bicyclic) bond motifs is 5. The predicted molar refractivity (Wildman–Crippen MR) is 59.3 cm³/mol. The fourth-order valence-electron chi connectivity index (χ4n) is 3.51. The molecule has 2 amide bonds. The van der Waals surface area contributed by atoms with Crippen LogP contribution in [0.5, 0.6) is 0 Å². The van der Waals surface area contributed by atoms with Crippen molar-refractivity contribution in [3.8, 4) is 0 Å². The van der Waals surface area contributed by atoms with Gasteiger partial charge in [0.2, 0.25) is 11.8 Å². The van der Waals surface area contributed by atoms with Gasteiger partial charge >= 0.3 is 0 Å². The molecule has 1 saturated heterocycles. The lowest BCUT2D eigenvalue weighted by Gasteiger charge is -2.18. The summed E-state index contributed by atoms with van der Waals surface area (Å²) < 4.78 is 0. The first-order valence-corrected chi connectivity index (χ1v) is 6.13. The van der Waals surface area contributed by atoms with Crippen LogP contribution in [0.1, 0.15) is 20.3 Å². The zero-order valence-electron chi connectivity index (χ0n) is 9.72. The van der Waals surface area contributed by atoms with Crippen molar-refractivity contribution in [3.63, 3.8) is 0 Å². The Labute approximate surface area is 95.5 Å². The molecule has 0 aromatic carbocycles. The van der Waals surface area contributed by atoms with Crippen molar-refractivity contribution in [2.45, 2.75) is 20.3 Å². The molecule has 3 nitrogen and oxygen atoms in total. The fraction of sp³-hybridized carbons (Fsp3) is 0.692. The van der Waals surface area contributed by atoms with Crippen molar-refractivity contribution >= 4 is 11.8 Å². The summed E-state index contributed by atoms with van der Waals surface area (Å²) in [6, 6.07) is 0. The molecule has 3 heteroatoms. The van der Waals surface area contributed by atoms with Crippen molar-refractivity contribution < 1.29 is 9.59 Å². The molecule has 1 saturated carbocycles. The molecule has 0 spiro atoms. The molecule has 0 unspecified atom stereocenters. The Morgan fingerprint density at radius 2 is 1.69 bits per heavy atom. The van der Waals surface area contributed by atoms with Gasteiger partial charge in [0.25, 0.3) is 0 Å². The van der Waals surface area contributed by atoms with Crippen molar-refractivity contribution in [2.24, 2.45) is 29.6 Å². The summed E-state index contributed by atoms with van der Waals surface area (Å²) in [5.41, 5.74) is 0. The van der Waals surface area contributed by atoms with Crippen LogP contribution in [0, 0.1) is 29.6 Å². The summed E-state index contributed by atoms with van der Waals surface area (Å²) in [6.45, 7) is 4.67. The SMILES string of the molecule is CC(C)CN1C(=O)[C@@H]2[C@H](C1=O)[C@H]1C=C[C@@H]2C1. The van der Waals surface area contributed by atoms with E-state index in [1.807, 2.05) is 13.8 Å². The maximum atomic E-state index is 12.2. The Balaban J connectivity index is 1.89. The highest BCUT2D eigenvalue weighted by Crippen LogP contribution is 2.52. The minimum absolute atomic E-state index is 0.0266. The Bertz CT molecular complexity index is 355. The maximum Gasteiger partial charge on any atom is 0.233 e. The number of nitrogens with zero attached hydrogens (tertiary/aromatic N) is 1. The van der Waals surface area contributed by atoms with Gasteiger partial charge in [-0.1, -0.05) is 26.0 Å².